The Kier molecular flexibility index (Phi) is 3.95. The minimum atomic E-state index is 0.770. The Hall–Kier alpha value is -1.51. The summed E-state index contributed by atoms with van der Waals surface area (Å²) in [6.07, 6.45) is 1.76. The fourth-order valence-corrected chi connectivity index (χ4v) is 3.52. The van der Waals surface area contributed by atoms with Crippen molar-refractivity contribution in [2.45, 2.75) is 17.6 Å². The molecular formula is C17H14ClNS. The predicted octanol–water partition coefficient (Wildman–Crippen LogP) is 5.49. The molecule has 3 heteroatoms. The summed E-state index contributed by atoms with van der Waals surface area (Å²) in [4.78, 5) is 5.65. The average Bonchev–Trinajstić information content (AvgIpc) is 2.46. The second kappa shape index (κ2) is 5.86. The molecule has 0 N–H and O–H groups in total. The molecule has 20 heavy (non-hydrogen) atoms. The maximum Gasteiger partial charge on any atom is 0.0730 e. The van der Waals surface area contributed by atoms with Gasteiger partial charge in [0.15, 0.2) is 0 Å². The Morgan fingerprint density at radius 1 is 1.10 bits per heavy atom. The highest BCUT2D eigenvalue weighted by atomic mass is 35.5. The van der Waals surface area contributed by atoms with Gasteiger partial charge in [0.05, 0.1) is 10.5 Å². The first-order valence-corrected chi connectivity index (χ1v) is 7.82. The molecule has 0 saturated heterocycles. The quantitative estimate of drug-likeness (QED) is 0.593. The fraction of sp³-hybridized carbons (Fsp3) is 0.118. The number of benzene rings is 2. The highest BCUT2D eigenvalue weighted by Gasteiger charge is 2.06. The van der Waals surface area contributed by atoms with Gasteiger partial charge in [-0.15, -0.1) is 11.8 Å². The van der Waals surface area contributed by atoms with Crippen LogP contribution in [-0.2, 0) is 5.75 Å². The van der Waals surface area contributed by atoms with Gasteiger partial charge in [0.2, 0.25) is 0 Å². The van der Waals surface area contributed by atoms with Gasteiger partial charge >= 0.3 is 0 Å². The Morgan fingerprint density at radius 3 is 2.70 bits per heavy atom. The van der Waals surface area contributed by atoms with Crippen molar-refractivity contribution in [3.8, 4) is 0 Å². The van der Waals surface area contributed by atoms with Crippen molar-refractivity contribution >= 4 is 34.3 Å². The molecule has 3 aromatic rings. The van der Waals surface area contributed by atoms with Gasteiger partial charge in [-0.1, -0.05) is 41.9 Å². The highest BCUT2D eigenvalue weighted by molar-refractivity contribution is 7.98. The van der Waals surface area contributed by atoms with Gasteiger partial charge in [0.1, 0.15) is 0 Å². The lowest BCUT2D eigenvalue weighted by molar-refractivity contribution is 1.33. The van der Waals surface area contributed by atoms with Gasteiger partial charge in [0.25, 0.3) is 0 Å². The second-order valence-corrected chi connectivity index (χ2v) is 6.16. The molecular weight excluding hydrogens is 286 g/mol. The van der Waals surface area contributed by atoms with Gasteiger partial charge in [-0.2, -0.15) is 0 Å². The zero-order chi connectivity index (χ0) is 13.9. The topological polar surface area (TPSA) is 12.9 Å². The van der Waals surface area contributed by atoms with Gasteiger partial charge < -0.3 is 0 Å². The third kappa shape index (κ3) is 2.82. The monoisotopic (exact) mass is 299 g/mol. The summed E-state index contributed by atoms with van der Waals surface area (Å²) in [6.45, 7) is 2.09. The molecule has 0 aliphatic heterocycles. The third-order valence-electron chi connectivity index (χ3n) is 3.21. The van der Waals surface area contributed by atoms with E-state index in [2.05, 4.69) is 48.3 Å². The largest absolute Gasteiger partial charge is 0.256 e. The Labute approximate surface area is 128 Å². The molecule has 100 valence electrons. The number of nitrogens with zero attached hydrogens (tertiary/aromatic N) is 1. The molecule has 0 unspecified atom stereocenters. The van der Waals surface area contributed by atoms with Crippen LogP contribution >= 0.6 is 23.4 Å². The van der Waals surface area contributed by atoms with E-state index in [0.29, 0.717) is 0 Å². The van der Waals surface area contributed by atoms with E-state index in [1.165, 1.54) is 16.0 Å². The normalized spacial score (nSPS) is 10.9. The number of aryl methyl sites for hydroxylation is 1. The molecule has 1 heterocycles. The minimum Gasteiger partial charge on any atom is -0.256 e. The number of rotatable bonds is 3. The van der Waals surface area contributed by atoms with Crippen LogP contribution in [0.3, 0.4) is 0 Å². The van der Waals surface area contributed by atoms with Crippen molar-refractivity contribution in [1.29, 1.82) is 0 Å². The summed E-state index contributed by atoms with van der Waals surface area (Å²) in [5.41, 5.74) is 3.47. The summed E-state index contributed by atoms with van der Waals surface area (Å²) in [5.74, 6) is 0.965. The van der Waals surface area contributed by atoms with Gasteiger partial charge in [0, 0.05) is 22.2 Å². The van der Waals surface area contributed by atoms with E-state index in [9.17, 15) is 0 Å². The highest BCUT2D eigenvalue weighted by Crippen LogP contribution is 2.31. The van der Waals surface area contributed by atoms with E-state index < -0.39 is 0 Å². The van der Waals surface area contributed by atoms with E-state index in [1.54, 1.807) is 6.20 Å². The van der Waals surface area contributed by atoms with Crippen LogP contribution in [0.15, 0.2) is 59.6 Å². The van der Waals surface area contributed by atoms with Crippen molar-refractivity contribution < 1.29 is 0 Å². The third-order valence-corrected chi connectivity index (χ3v) is 4.57. The molecule has 0 aliphatic carbocycles. The molecule has 3 rings (SSSR count). The Bertz CT molecular complexity index is 741. The molecule has 0 saturated carbocycles. The van der Waals surface area contributed by atoms with Crippen LogP contribution in [0.25, 0.3) is 10.9 Å². The molecule has 2 aromatic carbocycles. The summed E-state index contributed by atoms with van der Waals surface area (Å²) in [7, 11) is 0. The summed E-state index contributed by atoms with van der Waals surface area (Å²) < 4.78 is 0. The van der Waals surface area contributed by atoms with Crippen molar-refractivity contribution in [3.05, 3.63) is 70.9 Å². The number of hydrogen-bond acceptors (Lipinski definition) is 2. The molecule has 0 radical (unpaired) electrons. The first-order valence-electron chi connectivity index (χ1n) is 6.45. The van der Waals surface area contributed by atoms with Crippen molar-refractivity contribution in [1.82, 2.24) is 4.98 Å². The molecule has 0 atom stereocenters. The molecule has 0 spiro atoms. The summed E-state index contributed by atoms with van der Waals surface area (Å²) in [6, 6.07) is 16.6. The first kappa shape index (κ1) is 13.5. The van der Waals surface area contributed by atoms with Crippen LogP contribution in [0, 0.1) is 6.92 Å². The minimum absolute atomic E-state index is 0.770. The average molecular weight is 300 g/mol. The maximum absolute atomic E-state index is 6.24. The van der Waals surface area contributed by atoms with Crippen LogP contribution in [-0.4, -0.2) is 4.98 Å². The Morgan fingerprint density at radius 2 is 1.90 bits per heavy atom. The van der Waals surface area contributed by atoms with E-state index in [-0.39, 0.29) is 0 Å². The van der Waals surface area contributed by atoms with E-state index in [4.69, 9.17) is 11.6 Å². The van der Waals surface area contributed by atoms with Crippen LogP contribution in [0.4, 0.5) is 0 Å². The first-order chi connectivity index (χ1) is 9.74. The van der Waals surface area contributed by atoms with Crippen molar-refractivity contribution in [3.63, 3.8) is 0 Å². The molecule has 1 nitrogen and oxygen atoms in total. The molecule has 0 amide bonds. The lowest BCUT2D eigenvalue weighted by atomic mass is 10.1. The fourth-order valence-electron chi connectivity index (χ4n) is 2.24. The van der Waals surface area contributed by atoms with Gasteiger partial charge in [-0.3, -0.25) is 4.98 Å². The Balaban J connectivity index is 1.90. The number of aromatic nitrogens is 1. The van der Waals surface area contributed by atoms with Crippen LogP contribution in [0.1, 0.15) is 11.1 Å². The predicted molar refractivity (Wildman–Crippen MR) is 87.5 cm³/mol. The molecule has 0 fully saturated rings. The zero-order valence-corrected chi connectivity index (χ0v) is 12.7. The van der Waals surface area contributed by atoms with E-state index >= 15 is 0 Å². The number of fused-ring (bicyclic) bond motifs is 1. The van der Waals surface area contributed by atoms with E-state index in [1.807, 2.05) is 23.9 Å². The van der Waals surface area contributed by atoms with Crippen LogP contribution in [0.5, 0.6) is 0 Å². The van der Waals surface area contributed by atoms with E-state index in [0.717, 1.165) is 21.7 Å². The maximum atomic E-state index is 6.24. The summed E-state index contributed by atoms with van der Waals surface area (Å²) in [5, 5.41) is 1.82. The smallest absolute Gasteiger partial charge is 0.0730 e. The van der Waals surface area contributed by atoms with Gasteiger partial charge in [-0.25, -0.2) is 0 Å². The number of thioether (sulfide) groups is 1. The number of halogens is 1. The lowest BCUT2D eigenvalue weighted by Crippen LogP contribution is -1.86. The second-order valence-electron chi connectivity index (χ2n) is 4.70. The van der Waals surface area contributed by atoms with Crippen LogP contribution < -0.4 is 0 Å². The van der Waals surface area contributed by atoms with Gasteiger partial charge in [-0.05, 0) is 36.2 Å². The molecule has 1 aromatic heterocycles. The SMILES string of the molecule is Cc1cc(SCc2ccccc2)cc2nccc(Cl)c12. The number of hydrogen-bond donors (Lipinski definition) is 0. The zero-order valence-electron chi connectivity index (χ0n) is 11.1. The molecule has 0 bridgehead atoms. The van der Waals surface area contributed by atoms with Crippen LogP contribution in [0.2, 0.25) is 5.02 Å². The van der Waals surface area contributed by atoms with Crippen molar-refractivity contribution in [2.75, 3.05) is 0 Å². The lowest BCUT2D eigenvalue weighted by Gasteiger charge is -2.08. The van der Waals surface area contributed by atoms with Crippen molar-refractivity contribution in [2.24, 2.45) is 0 Å². The summed E-state index contributed by atoms with van der Waals surface area (Å²) >= 11 is 8.07. The number of pyridine rings is 1. The molecule has 0 aliphatic rings. The standard InChI is InChI=1S/C17H14ClNS/c1-12-9-14(20-11-13-5-3-2-4-6-13)10-16-17(12)15(18)7-8-19-16/h2-10H,11H2,1H3.